The summed E-state index contributed by atoms with van der Waals surface area (Å²) >= 11 is 12.1. The molecular weight excluding hydrogens is 449 g/mol. The number of anilines is 1. The van der Waals surface area contributed by atoms with E-state index in [9.17, 15) is 4.79 Å². The van der Waals surface area contributed by atoms with Gasteiger partial charge in [0.15, 0.2) is 0 Å². The van der Waals surface area contributed by atoms with Crippen molar-refractivity contribution in [3.05, 3.63) is 93.8 Å². The number of β-lactam (4-membered cyclic amide) rings is 1. The Hall–Kier alpha value is -3.15. The van der Waals surface area contributed by atoms with Crippen LogP contribution in [-0.2, 0) is 4.79 Å². The maximum absolute atomic E-state index is 13.1. The van der Waals surface area contributed by atoms with Crippen LogP contribution < -0.4 is 19.1 Å². The Morgan fingerprint density at radius 1 is 0.875 bits per heavy atom. The first kappa shape index (κ1) is 22.1. The van der Waals surface area contributed by atoms with Gasteiger partial charge in [0.1, 0.15) is 29.2 Å². The van der Waals surface area contributed by atoms with Crippen molar-refractivity contribution in [3.8, 4) is 17.2 Å². The van der Waals surface area contributed by atoms with Crippen molar-refractivity contribution < 1.29 is 19.0 Å². The van der Waals surface area contributed by atoms with E-state index >= 15 is 0 Å². The number of ether oxygens (including phenoxy) is 3. The van der Waals surface area contributed by atoms with Gasteiger partial charge >= 0.3 is 0 Å². The molecule has 1 atom stereocenters. The van der Waals surface area contributed by atoms with Crippen LogP contribution >= 0.6 is 23.2 Å². The van der Waals surface area contributed by atoms with Crippen LogP contribution in [0.2, 0.25) is 10.0 Å². The Bertz CT molecular complexity index is 1190. The monoisotopic (exact) mass is 469 g/mol. The van der Waals surface area contributed by atoms with E-state index in [0.29, 0.717) is 38.7 Å². The minimum Gasteiger partial charge on any atom is -0.497 e. The summed E-state index contributed by atoms with van der Waals surface area (Å²) in [7, 11) is 1.59. The number of methoxy groups -OCH3 is 1. The summed E-state index contributed by atoms with van der Waals surface area (Å²) < 4.78 is 17.2. The van der Waals surface area contributed by atoms with Crippen molar-refractivity contribution in [2.75, 3.05) is 12.0 Å². The highest BCUT2D eigenvalue weighted by atomic mass is 35.5. The lowest BCUT2D eigenvalue weighted by atomic mass is 10.0. The highest BCUT2D eigenvalue weighted by Crippen LogP contribution is 2.36. The first-order chi connectivity index (χ1) is 15.4. The first-order valence-electron chi connectivity index (χ1n) is 9.91. The van der Waals surface area contributed by atoms with Crippen LogP contribution in [0.3, 0.4) is 0 Å². The van der Waals surface area contributed by atoms with E-state index in [2.05, 4.69) is 0 Å². The van der Waals surface area contributed by atoms with Crippen LogP contribution in [0, 0.1) is 13.8 Å². The predicted molar refractivity (Wildman–Crippen MR) is 126 cm³/mol. The molecule has 7 heteroatoms. The molecule has 5 nitrogen and oxygen atoms in total. The Balaban J connectivity index is 1.65. The Morgan fingerprint density at radius 3 is 2.03 bits per heavy atom. The van der Waals surface area contributed by atoms with E-state index in [1.165, 1.54) is 6.26 Å². The molecule has 1 unspecified atom stereocenters. The molecule has 32 heavy (non-hydrogen) atoms. The Labute approximate surface area is 196 Å². The summed E-state index contributed by atoms with van der Waals surface area (Å²) in [5.74, 6) is 1.71. The molecule has 3 aromatic rings. The van der Waals surface area contributed by atoms with E-state index in [1.807, 2.05) is 32.0 Å². The van der Waals surface area contributed by atoms with Gasteiger partial charge in [-0.25, -0.2) is 0 Å². The van der Waals surface area contributed by atoms with Crippen LogP contribution in [-0.4, -0.2) is 19.1 Å². The second-order valence-corrected chi connectivity index (χ2v) is 8.22. The molecule has 164 valence electrons. The van der Waals surface area contributed by atoms with Crippen LogP contribution in [0.15, 0.2) is 72.6 Å². The van der Waals surface area contributed by atoms with Gasteiger partial charge in [0.2, 0.25) is 6.10 Å². The molecule has 1 fully saturated rings. The number of carbonyl (C=O) groups excluding carboxylic acids is 1. The number of hydrogen-bond acceptors (Lipinski definition) is 4. The van der Waals surface area contributed by atoms with Crippen molar-refractivity contribution in [2.24, 2.45) is 0 Å². The lowest BCUT2D eigenvalue weighted by Crippen LogP contribution is -2.57. The van der Waals surface area contributed by atoms with Gasteiger partial charge in [-0.05, 0) is 85.6 Å². The second-order valence-electron chi connectivity index (χ2n) is 7.35. The molecule has 1 aliphatic rings. The van der Waals surface area contributed by atoms with Crippen molar-refractivity contribution in [1.29, 1.82) is 0 Å². The van der Waals surface area contributed by atoms with Gasteiger partial charge < -0.3 is 14.2 Å². The van der Waals surface area contributed by atoms with Gasteiger partial charge in [0.05, 0.1) is 7.11 Å². The molecular formula is C25H21Cl2NO4. The number of aryl methyl sites for hydroxylation is 2. The maximum Gasteiger partial charge on any atom is 0.279 e. The summed E-state index contributed by atoms with van der Waals surface area (Å²) in [4.78, 5) is 14.6. The fraction of sp³-hybridized carbons (Fsp3) is 0.160. The van der Waals surface area contributed by atoms with Crippen molar-refractivity contribution in [3.63, 3.8) is 0 Å². The van der Waals surface area contributed by atoms with E-state index in [-0.39, 0.29) is 5.91 Å². The third-order valence-corrected chi connectivity index (χ3v) is 5.60. The molecule has 0 aromatic heterocycles. The number of benzene rings is 3. The second kappa shape index (κ2) is 9.15. The van der Waals surface area contributed by atoms with Gasteiger partial charge in [-0.2, -0.15) is 0 Å². The van der Waals surface area contributed by atoms with Gasteiger partial charge in [-0.15, -0.1) is 0 Å². The molecule has 0 spiro atoms. The van der Waals surface area contributed by atoms with Crippen molar-refractivity contribution in [1.82, 2.24) is 0 Å². The fourth-order valence-corrected chi connectivity index (χ4v) is 3.85. The van der Waals surface area contributed by atoms with E-state index in [1.54, 1.807) is 54.5 Å². The number of rotatable bonds is 6. The van der Waals surface area contributed by atoms with E-state index < -0.39 is 6.10 Å². The lowest BCUT2D eigenvalue weighted by molar-refractivity contribution is -0.128. The topological polar surface area (TPSA) is 48.0 Å². The maximum atomic E-state index is 13.1. The number of carbonyl (C=O) groups is 1. The SMILES string of the molecule is COc1ccc(N2C(=O)C(Oc3ccc(Cl)cc3C)/C2=C/Oc2ccc(Cl)cc2C)cc1. The van der Waals surface area contributed by atoms with Crippen molar-refractivity contribution >= 4 is 34.8 Å². The highest BCUT2D eigenvalue weighted by molar-refractivity contribution is 6.31. The minimum absolute atomic E-state index is 0.202. The molecule has 1 saturated heterocycles. The molecule has 1 aliphatic heterocycles. The zero-order chi connectivity index (χ0) is 22.8. The molecule has 1 amide bonds. The summed E-state index contributed by atoms with van der Waals surface area (Å²) in [6.07, 6.45) is 0.724. The van der Waals surface area contributed by atoms with E-state index in [0.717, 1.165) is 11.1 Å². The first-order valence-corrected chi connectivity index (χ1v) is 10.7. The molecule has 0 N–H and O–H groups in total. The third kappa shape index (κ3) is 4.40. The third-order valence-electron chi connectivity index (χ3n) is 5.13. The number of nitrogens with zero attached hydrogens (tertiary/aromatic N) is 1. The average molecular weight is 470 g/mol. The Morgan fingerprint density at radius 2 is 1.47 bits per heavy atom. The minimum atomic E-state index is -0.815. The molecule has 0 bridgehead atoms. The predicted octanol–water partition coefficient (Wildman–Crippen LogP) is 6.33. The van der Waals surface area contributed by atoms with Crippen LogP contribution in [0.25, 0.3) is 0 Å². The summed E-state index contributed by atoms with van der Waals surface area (Å²) in [6.45, 7) is 3.78. The zero-order valence-corrected chi connectivity index (χ0v) is 19.3. The number of hydrogen-bond donors (Lipinski definition) is 0. The molecule has 3 aromatic carbocycles. The number of amides is 1. The van der Waals surface area contributed by atoms with E-state index in [4.69, 9.17) is 37.4 Å². The smallest absolute Gasteiger partial charge is 0.279 e. The zero-order valence-electron chi connectivity index (χ0n) is 17.8. The summed E-state index contributed by atoms with van der Waals surface area (Å²) in [6, 6.07) is 17.8. The molecule has 0 aliphatic carbocycles. The van der Waals surface area contributed by atoms with Gasteiger partial charge in [0, 0.05) is 15.7 Å². The highest BCUT2D eigenvalue weighted by Gasteiger charge is 2.46. The summed E-state index contributed by atoms with van der Waals surface area (Å²) in [5, 5.41) is 1.23. The molecule has 1 heterocycles. The molecule has 4 rings (SSSR count). The summed E-state index contributed by atoms with van der Waals surface area (Å²) in [5.41, 5.74) is 2.97. The van der Waals surface area contributed by atoms with Gasteiger partial charge in [-0.3, -0.25) is 9.69 Å². The largest absolute Gasteiger partial charge is 0.497 e. The van der Waals surface area contributed by atoms with Crippen LogP contribution in [0.1, 0.15) is 11.1 Å². The Kier molecular flexibility index (Phi) is 6.31. The lowest BCUT2D eigenvalue weighted by Gasteiger charge is -2.40. The average Bonchev–Trinajstić information content (AvgIpc) is 2.77. The van der Waals surface area contributed by atoms with Crippen molar-refractivity contribution in [2.45, 2.75) is 20.0 Å². The molecule has 0 radical (unpaired) electrons. The number of halogens is 2. The van der Waals surface area contributed by atoms with Gasteiger partial charge in [-0.1, -0.05) is 23.2 Å². The van der Waals surface area contributed by atoms with Crippen LogP contribution in [0.4, 0.5) is 5.69 Å². The quantitative estimate of drug-likeness (QED) is 0.312. The fourth-order valence-electron chi connectivity index (χ4n) is 3.40. The normalized spacial score (nSPS) is 16.7. The standard InChI is InChI=1S/C25H21Cl2NO4/c1-15-12-17(26)4-10-22(15)31-14-21-24(32-23-11-5-18(27)13-16(23)2)25(29)28(21)19-6-8-20(30-3)9-7-19/h4-14,24H,1-3H3/b21-14-. The molecule has 0 saturated carbocycles. The van der Waals surface area contributed by atoms with Crippen LogP contribution in [0.5, 0.6) is 17.2 Å². The van der Waals surface area contributed by atoms with Gasteiger partial charge in [0.25, 0.3) is 5.91 Å².